The van der Waals surface area contributed by atoms with Gasteiger partial charge in [0.2, 0.25) is 0 Å². The summed E-state index contributed by atoms with van der Waals surface area (Å²) in [7, 11) is 1.44. The number of ketones is 1. The molecule has 2 aromatic carbocycles. The van der Waals surface area contributed by atoms with Gasteiger partial charge in [0.25, 0.3) is 11.7 Å². The molecule has 0 spiro atoms. The molecule has 1 aliphatic carbocycles. The van der Waals surface area contributed by atoms with E-state index in [1.807, 2.05) is 5.01 Å². The normalized spacial score (nSPS) is 32.4. The predicted octanol–water partition coefficient (Wildman–Crippen LogP) is 5.65. The van der Waals surface area contributed by atoms with Crippen LogP contribution in [0.25, 0.3) is 10.8 Å². The van der Waals surface area contributed by atoms with Gasteiger partial charge in [0, 0.05) is 93.4 Å². The zero-order valence-corrected chi connectivity index (χ0v) is 37.8. The topological polar surface area (TPSA) is 220 Å². The molecule has 6 N–H and O–H groups in total. The number of rotatable bonds is 5. The molecule has 2 aromatic rings. The van der Waals surface area contributed by atoms with Crippen molar-refractivity contribution in [1.29, 1.82) is 0 Å². The van der Waals surface area contributed by atoms with Crippen LogP contribution in [0.2, 0.25) is 0 Å². The van der Waals surface area contributed by atoms with E-state index in [0.717, 1.165) is 13.1 Å². The first-order valence-electron chi connectivity index (χ1n) is 21.9. The number of phenolic OH excluding ortho intramolecular Hbond substituents is 3. The molecule has 1 amide bonds. The molecule has 0 radical (unpaired) electrons. The van der Waals surface area contributed by atoms with Crippen LogP contribution < -0.4 is 10.1 Å². The van der Waals surface area contributed by atoms with E-state index < -0.39 is 88.8 Å². The van der Waals surface area contributed by atoms with Crippen molar-refractivity contribution in [2.24, 2.45) is 28.8 Å². The molecule has 16 nitrogen and oxygen atoms in total. The van der Waals surface area contributed by atoms with Crippen LogP contribution in [0.4, 0.5) is 5.69 Å². The molecule has 63 heavy (non-hydrogen) atoms. The van der Waals surface area contributed by atoms with Crippen molar-refractivity contribution in [1.82, 2.24) is 9.91 Å². The number of amides is 1. The van der Waals surface area contributed by atoms with Gasteiger partial charge in [-0.2, -0.15) is 5.10 Å². The lowest BCUT2D eigenvalue weighted by Gasteiger charge is -2.38. The van der Waals surface area contributed by atoms with Gasteiger partial charge >= 0.3 is 11.8 Å². The molecule has 5 bridgehead atoms. The van der Waals surface area contributed by atoms with Crippen molar-refractivity contribution >= 4 is 40.3 Å². The molecular formula is C47H64N4O12. The van der Waals surface area contributed by atoms with Crippen LogP contribution in [-0.4, -0.2) is 129 Å². The van der Waals surface area contributed by atoms with Gasteiger partial charge in [-0.1, -0.05) is 58.8 Å². The first-order chi connectivity index (χ1) is 29.8. The van der Waals surface area contributed by atoms with Gasteiger partial charge in [0.05, 0.1) is 53.0 Å². The molecule has 4 aliphatic heterocycles. The minimum atomic E-state index is -2.04. The molecule has 0 unspecified atom stereocenters. The van der Waals surface area contributed by atoms with Gasteiger partial charge in [0.1, 0.15) is 23.4 Å². The molecule has 5 aliphatic rings. The number of methoxy groups -OCH3 is 1. The average Bonchev–Trinajstić information content (AvgIpc) is 3.89. The largest absolute Gasteiger partial charge is 0.507 e. The minimum Gasteiger partial charge on any atom is -0.507 e. The molecule has 1 saturated carbocycles. The number of allylic oxidation sites excluding steroid dienone is 2. The summed E-state index contributed by atoms with van der Waals surface area (Å²) in [4.78, 5) is 43.2. The third kappa shape index (κ3) is 9.40. The maximum atomic E-state index is 14.5. The van der Waals surface area contributed by atoms with Crippen molar-refractivity contribution in [3.05, 3.63) is 52.8 Å². The Balaban J connectivity index is 1.47. The van der Waals surface area contributed by atoms with Crippen LogP contribution in [0.1, 0.15) is 95.6 Å². The van der Waals surface area contributed by atoms with Crippen LogP contribution in [-0.2, 0) is 23.8 Å². The lowest BCUT2D eigenvalue weighted by atomic mass is 9.78. The predicted molar refractivity (Wildman–Crippen MR) is 237 cm³/mol. The Labute approximate surface area is 368 Å². The Morgan fingerprint density at radius 1 is 0.921 bits per heavy atom. The molecule has 16 heteroatoms. The van der Waals surface area contributed by atoms with E-state index in [1.54, 1.807) is 39.8 Å². The SMILES string of the molecule is CO[C@H]1/C=C/O[C@@]2(C)Oc3c(C)c(O)c4c(O)c(c(/C=N/N5CCN(C6CCCC6)CC5)c(O)c4c3C2=O)NC(=O)/C(C)=C\C=C\[C@@H](C)[C@H](O)[C@@H](C)[C@@H](O)[C@@H](C)[C@H](OC(C)=O)[C@@H]1C. The number of piperazine rings is 1. The van der Waals surface area contributed by atoms with E-state index in [9.17, 15) is 39.9 Å². The summed E-state index contributed by atoms with van der Waals surface area (Å²) in [5.74, 6) is -8.28. The zero-order chi connectivity index (χ0) is 46.1. The molecule has 2 fully saturated rings. The highest BCUT2D eigenvalue weighted by Gasteiger charge is 2.50. The fourth-order valence-electron chi connectivity index (χ4n) is 9.47. The summed E-state index contributed by atoms with van der Waals surface area (Å²) in [6, 6.07) is 0.553. The van der Waals surface area contributed by atoms with Crippen molar-refractivity contribution in [3.63, 3.8) is 0 Å². The van der Waals surface area contributed by atoms with Crippen molar-refractivity contribution in [3.8, 4) is 23.0 Å². The van der Waals surface area contributed by atoms with E-state index >= 15 is 0 Å². The van der Waals surface area contributed by atoms with Gasteiger partial charge in [0.15, 0.2) is 5.75 Å². The Hall–Kier alpha value is -5.16. The lowest BCUT2D eigenvalue weighted by molar-refractivity contribution is -0.160. The minimum absolute atomic E-state index is 0.0631. The van der Waals surface area contributed by atoms with Gasteiger partial charge in [-0.15, -0.1) is 0 Å². The molecule has 9 atom stereocenters. The van der Waals surface area contributed by atoms with E-state index in [1.165, 1.54) is 85.1 Å². The highest BCUT2D eigenvalue weighted by Crippen LogP contribution is 2.55. The van der Waals surface area contributed by atoms with Crippen molar-refractivity contribution < 1.29 is 58.9 Å². The van der Waals surface area contributed by atoms with E-state index in [0.29, 0.717) is 19.1 Å². The maximum absolute atomic E-state index is 14.5. The number of phenols is 3. The Morgan fingerprint density at radius 2 is 1.59 bits per heavy atom. The third-order valence-corrected chi connectivity index (χ3v) is 13.5. The van der Waals surface area contributed by atoms with Crippen LogP contribution in [0.5, 0.6) is 23.0 Å². The number of hydrazone groups is 1. The number of anilines is 1. The zero-order valence-electron chi connectivity index (χ0n) is 37.8. The summed E-state index contributed by atoms with van der Waals surface area (Å²) >= 11 is 0. The quantitative estimate of drug-likeness (QED) is 0.0926. The highest BCUT2D eigenvalue weighted by molar-refractivity contribution is 6.23. The number of carbonyl (C=O) groups excluding carboxylic acids is 3. The second kappa shape index (κ2) is 19.3. The number of hydrogen-bond acceptors (Lipinski definition) is 15. The van der Waals surface area contributed by atoms with Gasteiger partial charge in [-0.3, -0.25) is 24.3 Å². The smallest absolute Gasteiger partial charge is 0.312 e. The number of aliphatic hydroxyl groups excluding tert-OH is 2. The number of benzene rings is 2. The first kappa shape index (κ1) is 47.3. The monoisotopic (exact) mass is 876 g/mol. The maximum Gasteiger partial charge on any atom is 0.312 e. The number of fused-ring (bicyclic) bond motifs is 14. The van der Waals surface area contributed by atoms with Crippen LogP contribution in [0.15, 0.2) is 41.2 Å². The highest BCUT2D eigenvalue weighted by atomic mass is 16.7. The van der Waals surface area contributed by atoms with E-state index in [-0.39, 0.29) is 44.5 Å². The number of aromatic hydroxyl groups is 3. The summed E-state index contributed by atoms with van der Waals surface area (Å²) < 4.78 is 23.7. The molecule has 344 valence electrons. The number of aliphatic hydroxyl groups is 2. The van der Waals surface area contributed by atoms with Gasteiger partial charge in [-0.25, -0.2) is 0 Å². The van der Waals surface area contributed by atoms with Crippen LogP contribution in [0, 0.1) is 30.6 Å². The van der Waals surface area contributed by atoms with Gasteiger partial charge in [-0.05, 0) is 32.8 Å². The summed E-state index contributed by atoms with van der Waals surface area (Å²) in [6.45, 7) is 15.4. The Kier molecular flexibility index (Phi) is 14.5. The average molecular weight is 877 g/mol. The van der Waals surface area contributed by atoms with Crippen molar-refractivity contribution in [2.45, 2.75) is 117 Å². The Bertz CT molecular complexity index is 2190. The molecule has 1 saturated heterocycles. The Morgan fingerprint density at radius 3 is 2.22 bits per heavy atom. The second-order valence-corrected chi connectivity index (χ2v) is 17.8. The van der Waals surface area contributed by atoms with Gasteiger partial charge < -0.3 is 49.8 Å². The fraction of sp³-hybridized carbons (Fsp3) is 0.574. The summed E-state index contributed by atoms with van der Waals surface area (Å²) in [6.07, 6.45) is 9.75. The number of esters is 1. The van der Waals surface area contributed by atoms with E-state index in [4.69, 9.17) is 18.9 Å². The summed E-state index contributed by atoms with van der Waals surface area (Å²) in [5.41, 5.74) is -0.293. The fourth-order valence-corrected chi connectivity index (χ4v) is 9.47. The van der Waals surface area contributed by atoms with E-state index in [2.05, 4.69) is 15.3 Å². The van der Waals surface area contributed by atoms with Crippen LogP contribution in [0.3, 0.4) is 0 Å². The first-order valence-corrected chi connectivity index (χ1v) is 21.9. The number of nitrogens with zero attached hydrogens (tertiary/aromatic N) is 3. The van der Waals surface area contributed by atoms with Crippen LogP contribution >= 0.6 is 0 Å². The molecule has 4 heterocycles. The number of nitrogens with one attached hydrogen (secondary N) is 1. The number of Topliss-reactive ketones (excluding diaryl/α,β-unsaturated/α-hetero) is 1. The standard InChI is InChI=1S/C47H64N4O12/c1-24-13-12-14-25(2)46(59)49-37-32(23-48-51-20-18-50(19-21-51)31-15-10-11-16-31)41(56)34-35(42(37)57)40(55)29(6)44-36(34)45(58)47(8,63-44)61-22-17-33(60-9)26(3)43(62-30(7)52)28(5)39(54)27(4)38(24)53/h12-14,17,22-24,26-28,31,33,38-39,43,53-57H,10-11,15-16,18-21H2,1-9H3,(H,49,59)/b13-12+,22-17+,25-14-,48-23+/t24-,26-,27-,28-,33+,38+,39-,43-,47+/m1/s1. The second-order valence-electron chi connectivity index (χ2n) is 17.8. The lowest BCUT2D eigenvalue weighted by Crippen LogP contribution is -2.47. The third-order valence-electron chi connectivity index (χ3n) is 13.5. The molecule has 7 rings (SSSR count). The number of carbonyl (C=O) groups is 3. The number of hydrogen-bond donors (Lipinski definition) is 6. The van der Waals surface area contributed by atoms with Crippen molar-refractivity contribution in [2.75, 3.05) is 38.6 Å². The molecular weight excluding hydrogens is 813 g/mol. The molecule has 0 aromatic heterocycles. The number of ether oxygens (including phenoxy) is 4. The summed E-state index contributed by atoms with van der Waals surface area (Å²) in [5, 5.41) is 67.6.